The Morgan fingerprint density at radius 2 is 1.90 bits per heavy atom. The highest BCUT2D eigenvalue weighted by molar-refractivity contribution is 6.30. The van der Waals surface area contributed by atoms with Gasteiger partial charge in [0.25, 0.3) is 5.91 Å². The van der Waals surface area contributed by atoms with Gasteiger partial charge in [-0.15, -0.1) is 0 Å². The summed E-state index contributed by atoms with van der Waals surface area (Å²) in [6, 6.07) is 10.4. The molecule has 0 saturated heterocycles. The lowest BCUT2D eigenvalue weighted by Crippen LogP contribution is -2.31. The molecule has 2 heterocycles. The van der Waals surface area contributed by atoms with Crippen molar-refractivity contribution in [2.75, 3.05) is 20.3 Å². The predicted molar refractivity (Wildman–Crippen MR) is 113 cm³/mol. The maximum absolute atomic E-state index is 13.5. The molecule has 0 aliphatic carbocycles. The van der Waals surface area contributed by atoms with Gasteiger partial charge in [0, 0.05) is 25.3 Å². The van der Waals surface area contributed by atoms with Crippen LogP contribution in [-0.4, -0.2) is 31.1 Å². The van der Waals surface area contributed by atoms with Crippen LogP contribution in [0.4, 0.5) is 0 Å². The number of hydrogen-bond acceptors (Lipinski definition) is 4. The fraction of sp³-hybridized carbons (Fsp3) is 0.304. The highest BCUT2D eigenvalue weighted by Gasteiger charge is 2.42. The number of halogens is 1. The Bertz CT molecular complexity index is 1170. The molecule has 5 nitrogen and oxygen atoms in total. The SMILES string of the molecule is COCCCN1C(=O)c2oc3cc(C)c(C)cc3c(=O)c2C1c1cccc(Cl)c1. The van der Waals surface area contributed by atoms with Crippen molar-refractivity contribution < 1.29 is 13.9 Å². The van der Waals surface area contributed by atoms with Crippen LogP contribution in [0.25, 0.3) is 11.0 Å². The van der Waals surface area contributed by atoms with E-state index in [-0.39, 0.29) is 17.1 Å². The predicted octanol–water partition coefficient (Wildman–Crippen LogP) is 4.64. The van der Waals surface area contributed by atoms with Crippen molar-refractivity contribution in [3.05, 3.63) is 79.7 Å². The summed E-state index contributed by atoms with van der Waals surface area (Å²) in [4.78, 5) is 28.4. The van der Waals surface area contributed by atoms with E-state index in [4.69, 9.17) is 20.8 Å². The lowest BCUT2D eigenvalue weighted by atomic mass is 9.97. The molecular weight excluding hydrogens is 390 g/mol. The summed E-state index contributed by atoms with van der Waals surface area (Å²) in [5, 5.41) is 1.04. The number of ether oxygens (including phenoxy) is 1. The minimum Gasteiger partial charge on any atom is -0.450 e. The van der Waals surface area contributed by atoms with E-state index in [1.165, 1.54) is 0 Å². The second kappa shape index (κ2) is 7.65. The minimum atomic E-state index is -0.532. The molecule has 1 amide bonds. The molecule has 1 aromatic heterocycles. The normalized spacial score (nSPS) is 15.9. The summed E-state index contributed by atoms with van der Waals surface area (Å²) < 4.78 is 11.1. The molecule has 0 spiro atoms. The first kappa shape index (κ1) is 19.7. The minimum absolute atomic E-state index is 0.119. The van der Waals surface area contributed by atoms with Crippen LogP contribution in [0, 0.1) is 13.8 Å². The van der Waals surface area contributed by atoms with Crippen molar-refractivity contribution in [2.45, 2.75) is 26.3 Å². The van der Waals surface area contributed by atoms with Crippen LogP contribution in [0.2, 0.25) is 5.02 Å². The van der Waals surface area contributed by atoms with Crippen LogP contribution in [-0.2, 0) is 4.74 Å². The van der Waals surface area contributed by atoms with Gasteiger partial charge in [-0.05, 0) is 61.2 Å². The third kappa shape index (κ3) is 3.34. The third-order valence-electron chi connectivity index (χ3n) is 5.49. The van der Waals surface area contributed by atoms with Gasteiger partial charge >= 0.3 is 0 Å². The van der Waals surface area contributed by atoms with Gasteiger partial charge in [-0.3, -0.25) is 9.59 Å². The zero-order valence-electron chi connectivity index (χ0n) is 16.6. The number of nitrogens with zero attached hydrogens (tertiary/aromatic N) is 1. The molecule has 1 aliphatic rings. The van der Waals surface area contributed by atoms with E-state index in [2.05, 4.69) is 0 Å². The first-order valence-electron chi connectivity index (χ1n) is 9.55. The van der Waals surface area contributed by atoms with Crippen LogP contribution in [0.15, 0.2) is 45.6 Å². The number of benzene rings is 2. The van der Waals surface area contributed by atoms with E-state index < -0.39 is 6.04 Å². The summed E-state index contributed by atoms with van der Waals surface area (Å²) >= 11 is 6.21. The Morgan fingerprint density at radius 3 is 2.62 bits per heavy atom. The molecule has 0 radical (unpaired) electrons. The van der Waals surface area contributed by atoms with E-state index in [1.807, 2.05) is 38.1 Å². The summed E-state index contributed by atoms with van der Waals surface area (Å²) in [6.07, 6.45) is 0.652. The Labute approximate surface area is 173 Å². The van der Waals surface area contributed by atoms with Gasteiger partial charge in [-0.1, -0.05) is 23.7 Å². The molecule has 0 bridgehead atoms. The van der Waals surface area contributed by atoms with Gasteiger partial charge in [-0.25, -0.2) is 0 Å². The molecule has 6 heteroatoms. The molecule has 150 valence electrons. The average Bonchev–Trinajstić information content (AvgIpc) is 2.96. The van der Waals surface area contributed by atoms with Gasteiger partial charge in [0.1, 0.15) is 5.58 Å². The monoisotopic (exact) mass is 411 g/mol. The molecule has 1 unspecified atom stereocenters. The lowest BCUT2D eigenvalue weighted by Gasteiger charge is -2.25. The quantitative estimate of drug-likeness (QED) is 0.573. The number of carbonyl (C=O) groups is 1. The number of amides is 1. The molecule has 4 rings (SSSR count). The fourth-order valence-corrected chi connectivity index (χ4v) is 4.11. The Balaban J connectivity index is 1.95. The highest BCUT2D eigenvalue weighted by Crippen LogP contribution is 2.39. The van der Waals surface area contributed by atoms with Crippen LogP contribution >= 0.6 is 11.6 Å². The van der Waals surface area contributed by atoms with Crippen molar-refractivity contribution >= 4 is 28.5 Å². The van der Waals surface area contributed by atoms with E-state index in [0.717, 1.165) is 16.7 Å². The van der Waals surface area contributed by atoms with Crippen molar-refractivity contribution in [3.8, 4) is 0 Å². The highest BCUT2D eigenvalue weighted by atomic mass is 35.5. The van der Waals surface area contributed by atoms with Gasteiger partial charge < -0.3 is 14.1 Å². The molecule has 0 fully saturated rings. The van der Waals surface area contributed by atoms with E-state index in [0.29, 0.717) is 41.1 Å². The first-order valence-corrected chi connectivity index (χ1v) is 9.93. The van der Waals surface area contributed by atoms with E-state index in [9.17, 15) is 9.59 Å². The molecule has 3 aromatic rings. The number of hydrogen-bond donors (Lipinski definition) is 0. The lowest BCUT2D eigenvalue weighted by molar-refractivity contribution is 0.0708. The number of fused-ring (bicyclic) bond motifs is 2. The zero-order valence-corrected chi connectivity index (χ0v) is 17.4. The van der Waals surface area contributed by atoms with Crippen molar-refractivity contribution in [1.82, 2.24) is 4.90 Å². The van der Waals surface area contributed by atoms with Crippen LogP contribution in [0.1, 0.15) is 45.3 Å². The molecule has 0 saturated carbocycles. The van der Waals surface area contributed by atoms with Gasteiger partial charge in [0.15, 0.2) is 5.43 Å². The smallest absolute Gasteiger partial charge is 0.290 e. The summed E-state index contributed by atoms with van der Waals surface area (Å²) in [5.41, 5.74) is 3.45. The van der Waals surface area contributed by atoms with Crippen molar-refractivity contribution in [3.63, 3.8) is 0 Å². The number of methoxy groups -OCH3 is 1. The van der Waals surface area contributed by atoms with Gasteiger partial charge in [0.05, 0.1) is 17.0 Å². The first-order chi connectivity index (χ1) is 13.9. The second-order valence-corrected chi connectivity index (χ2v) is 7.85. The Hall–Kier alpha value is -2.63. The second-order valence-electron chi connectivity index (χ2n) is 7.41. The van der Waals surface area contributed by atoms with E-state index in [1.54, 1.807) is 24.1 Å². The van der Waals surface area contributed by atoms with Gasteiger partial charge in [0.2, 0.25) is 5.76 Å². The molecular formula is C23H22ClNO4. The fourth-order valence-electron chi connectivity index (χ4n) is 3.91. The summed E-state index contributed by atoms with van der Waals surface area (Å²) in [6.45, 7) is 4.87. The van der Waals surface area contributed by atoms with Crippen LogP contribution in [0.3, 0.4) is 0 Å². The van der Waals surface area contributed by atoms with Crippen LogP contribution in [0.5, 0.6) is 0 Å². The van der Waals surface area contributed by atoms with E-state index >= 15 is 0 Å². The maximum atomic E-state index is 13.5. The molecule has 1 aliphatic heterocycles. The number of aryl methyl sites for hydroxylation is 2. The molecule has 29 heavy (non-hydrogen) atoms. The van der Waals surface area contributed by atoms with Crippen molar-refractivity contribution in [1.29, 1.82) is 0 Å². The molecule has 1 atom stereocenters. The average molecular weight is 412 g/mol. The summed E-state index contributed by atoms with van der Waals surface area (Å²) in [5.74, 6) is -0.161. The standard InChI is InChI=1S/C23H22ClNO4/c1-13-10-17-18(11-14(13)2)29-22-19(21(17)26)20(15-6-4-7-16(24)12-15)25(23(22)27)8-5-9-28-3/h4,6-7,10-12,20H,5,8-9H2,1-3H3. The van der Waals surface area contributed by atoms with Crippen molar-refractivity contribution in [2.24, 2.45) is 0 Å². The van der Waals surface area contributed by atoms with Crippen LogP contribution < -0.4 is 5.43 Å². The third-order valence-corrected chi connectivity index (χ3v) is 5.73. The number of rotatable bonds is 5. The Morgan fingerprint density at radius 1 is 1.14 bits per heavy atom. The number of carbonyl (C=O) groups excluding carboxylic acids is 1. The molecule has 2 aromatic carbocycles. The zero-order chi connectivity index (χ0) is 20.7. The topological polar surface area (TPSA) is 59.8 Å². The van der Waals surface area contributed by atoms with Gasteiger partial charge in [-0.2, -0.15) is 0 Å². The summed E-state index contributed by atoms with van der Waals surface area (Å²) in [7, 11) is 1.62. The Kier molecular flexibility index (Phi) is 5.19. The largest absolute Gasteiger partial charge is 0.450 e. The maximum Gasteiger partial charge on any atom is 0.290 e. The molecule has 0 N–H and O–H groups in total.